The largest absolute Gasteiger partial charge is 0.391 e. The predicted octanol–water partition coefficient (Wildman–Crippen LogP) is 4.39. The highest BCUT2D eigenvalue weighted by Gasteiger charge is 2.41. The molecular weight excluding hydrogens is 271 g/mol. The highest BCUT2D eigenvalue weighted by atomic mass is 32.1. The van der Waals surface area contributed by atoms with Gasteiger partial charge in [0, 0.05) is 12.1 Å². The fourth-order valence-corrected chi connectivity index (χ4v) is 3.49. The van der Waals surface area contributed by atoms with Crippen LogP contribution in [0.1, 0.15) is 38.2 Å². The number of rotatable bonds is 4. The average Bonchev–Trinajstić information content (AvgIpc) is 2.81. The average molecular weight is 291 g/mol. The Labute approximate surface area is 116 Å². The summed E-state index contributed by atoms with van der Waals surface area (Å²) in [6.45, 7) is 2.10. The second kappa shape index (κ2) is 6.27. The highest BCUT2D eigenvalue weighted by molar-refractivity contribution is 7.07. The monoisotopic (exact) mass is 291 g/mol. The van der Waals surface area contributed by atoms with Crippen molar-refractivity contribution >= 4 is 11.3 Å². The van der Waals surface area contributed by atoms with E-state index in [0.717, 1.165) is 6.42 Å². The van der Waals surface area contributed by atoms with E-state index in [1.165, 1.54) is 5.56 Å². The van der Waals surface area contributed by atoms with Crippen LogP contribution in [0.2, 0.25) is 0 Å². The molecule has 0 aromatic carbocycles. The zero-order valence-corrected chi connectivity index (χ0v) is 11.9. The third kappa shape index (κ3) is 4.49. The molecule has 1 saturated carbocycles. The third-order valence-corrected chi connectivity index (χ3v) is 4.56. The Morgan fingerprint density at radius 3 is 2.53 bits per heavy atom. The maximum atomic E-state index is 12.6. The Balaban J connectivity index is 1.73. The zero-order chi connectivity index (χ0) is 13.9. The maximum Gasteiger partial charge on any atom is 0.391 e. The van der Waals surface area contributed by atoms with Crippen LogP contribution >= 0.6 is 11.3 Å². The van der Waals surface area contributed by atoms with Crippen molar-refractivity contribution in [3.05, 3.63) is 22.4 Å². The van der Waals surface area contributed by atoms with Gasteiger partial charge >= 0.3 is 6.18 Å². The first-order valence-electron chi connectivity index (χ1n) is 6.79. The summed E-state index contributed by atoms with van der Waals surface area (Å²) >= 11 is 1.68. The standard InChI is InChI=1S/C14H20F3NS/c1-10(8-11-6-7-19-9-11)18-13-4-2-12(3-5-13)14(15,16)17/h6-7,9-10,12-13,18H,2-5,8H2,1H3. The predicted molar refractivity (Wildman–Crippen MR) is 72.4 cm³/mol. The molecule has 19 heavy (non-hydrogen) atoms. The van der Waals surface area contributed by atoms with Gasteiger partial charge in [-0.05, 0) is 61.4 Å². The van der Waals surface area contributed by atoms with Crippen molar-refractivity contribution in [1.82, 2.24) is 5.32 Å². The van der Waals surface area contributed by atoms with Crippen LogP contribution in [0.15, 0.2) is 16.8 Å². The molecule has 0 saturated heterocycles. The molecule has 108 valence electrons. The lowest BCUT2D eigenvalue weighted by molar-refractivity contribution is -0.182. The maximum absolute atomic E-state index is 12.6. The molecule has 1 heterocycles. The minimum absolute atomic E-state index is 0.243. The fourth-order valence-electron chi connectivity index (χ4n) is 2.81. The summed E-state index contributed by atoms with van der Waals surface area (Å²) < 4.78 is 37.7. The van der Waals surface area contributed by atoms with E-state index >= 15 is 0 Å². The van der Waals surface area contributed by atoms with Gasteiger partial charge in [0.1, 0.15) is 0 Å². The Bertz CT molecular complexity index is 367. The minimum atomic E-state index is -4.01. The van der Waals surface area contributed by atoms with Crippen LogP contribution in [0, 0.1) is 5.92 Å². The summed E-state index contributed by atoms with van der Waals surface area (Å²) in [6, 6.07) is 2.66. The number of alkyl halides is 3. The summed E-state index contributed by atoms with van der Waals surface area (Å²) in [7, 11) is 0. The van der Waals surface area contributed by atoms with E-state index in [4.69, 9.17) is 0 Å². The van der Waals surface area contributed by atoms with Crippen LogP contribution in [0.3, 0.4) is 0 Å². The van der Waals surface area contributed by atoms with Crippen molar-refractivity contribution in [2.75, 3.05) is 0 Å². The summed E-state index contributed by atoms with van der Waals surface area (Å²) in [5.74, 6) is -1.09. The van der Waals surface area contributed by atoms with Crippen molar-refractivity contribution in [3.63, 3.8) is 0 Å². The Morgan fingerprint density at radius 1 is 1.32 bits per heavy atom. The normalized spacial score (nSPS) is 26.3. The minimum Gasteiger partial charge on any atom is -0.311 e. The van der Waals surface area contributed by atoms with Crippen molar-refractivity contribution in [3.8, 4) is 0 Å². The first kappa shape index (κ1) is 14.9. The second-order valence-electron chi connectivity index (χ2n) is 5.49. The Morgan fingerprint density at radius 2 is 2.00 bits per heavy atom. The zero-order valence-electron chi connectivity index (χ0n) is 11.0. The Hall–Kier alpha value is -0.550. The van der Waals surface area contributed by atoms with Gasteiger partial charge in [0.15, 0.2) is 0 Å². The highest BCUT2D eigenvalue weighted by Crippen LogP contribution is 2.37. The number of nitrogens with one attached hydrogen (secondary N) is 1. The molecule has 0 bridgehead atoms. The van der Waals surface area contributed by atoms with Crippen LogP contribution in [-0.2, 0) is 6.42 Å². The molecule has 1 aromatic rings. The summed E-state index contributed by atoms with van der Waals surface area (Å²) in [4.78, 5) is 0. The molecule has 0 aliphatic heterocycles. The van der Waals surface area contributed by atoms with Gasteiger partial charge in [-0.3, -0.25) is 0 Å². The topological polar surface area (TPSA) is 12.0 Å². The Kier molecular flexibility index (Phi) is 4.90. The van der Waals surface area contributed by atoms with Crippen molar-refractivity contribution in [2.45, 2.75) is 57.3 Å². The molecule has 1 atom stereocenters. The van der Waals surface area contributed by atoms with E-state index in [1.807, 2.05) is 0 Å². The molecule has 0 radical (unpaired) electrons. The van der Waals surface area contributed by atoms with E-state index in [2.05, 4.69) is 29.1 Å². The molecular formula is C14H20F3NS. The molecule has 5 heteroatoms. The van der Waals surface area contributed by atoms with Gasteiger partial charge in [-0.15, -0.1) is 0 Å². The molecule has 1 nitrogen and oxygen atoms in total. The molecule has 0 spiro atoms. The molecule has 2 rings (SSSR count). The lowest BCUT2D eigenvalue weighted by atomic mass is 9.85. The molecule has 0 amide bonds. The first-order valence-corrected chi connectivity index (χ1v) is 7.73. The van der Waals surface area contributed by atoms with Crippen molar-refractivity contribution in [2.24, 2.45) is 5.92 Å². The molecule has 1 unspecified atom stereocenters. The van der Waals surface area contributed by atoms with Crippen LogP contribution in [-0.4, -0.2) is 18.3 Å². The van der Waals surface area contributed by atoms with Gasteiger partial charge in [-0.1, -0.05) is 0 Å². The van der Waals surface area contributed by atoms with E-state index in [-0.39, 0.29) is 18.9 Å². The number of hydrogen-bond donors (Lipinski definition) is 1. The molecule has 1 aliphatic carbocycles. The summed E-state index contributed by atoms with van der Waals surface area (Å²) in [5, 5.41) is 7.64. The lowest BCUT2D eigenvalue weighted by Gasteiger charge is -2.32. The third-order valence-electron chi connectivity index (χ3n) is 3.83. The molecule has 1 N–H and O–H groups in total. The van der Waals surface area contributed by atoms with Gasteiger partial charge < -0.3 is 5.32 Å². The van der Waals surface area contributed by atoms with Gasteiger partial charge in [-0.2, -0.15) is 24.5 Å². The lowest BCUT2D eigenvalue weighted by Crippen LogP contribution is -2.41. The van der Waals surface area contributed by atoms with Gasteiger partial charge in [0.2, 0.25) is 0 Å². The quantitative estimate of drug-likeness (QED) is 0.867. The van der Waals surface area contributed by atoms with Crippen molar-refractivity contribution < 1.29 is 13.2 Å². The fraction of sp³-hybridized carbons (Fsp3) is 0.714. The molecule has 1 fully saturated rings. The van der Waals surface area contributed by atoms with Crippen LogP contribution < -0.4 is 5.32 Å². The van der Waals surface area contributed by atoms with Crippen molar-refractivity contribution in [1.29, 1.82) is 0 Å². The first-order chi connectivity index (χ1) is 8.95. The van der Waals surface area contributed by atoms with E-state index < -0.39 is 12.1 Å². The number of halogens is 3. The molecule has 1 aliphatic rings. The van der Waals surface area contributed by atoms with Gasteiger partial charge in [-0.25, -0.2) is 0 Å². The summed E-state index contributed by atoms with van der Waals surface area (Å²) in [6.07, 6.45) is -1.25. The second-order valence-corrected chi connectivity index (χ2v) is 6.27. The smallest absolute Gasteiger partial charge is 0.311 e. The number of thiophene rings is 1. The van der Waals surface area contributed by atoms with E-state index in [9.17, 15) is 13.2 Å². The number of hydrogen-bond acceptors (Lipinski definition) is 2. The van der Waals surface area contributed by atoms with Gasteiger partial charge in [0.25, 0.3) is 0 Å². The van der Waals surface area contributed by atoms with Crippen LogP contribution in [0.4, 0.5) is 13.2 Å². The van der Waals surface area contributed by atoms with E-state index in [1.54, 1.807) is 11.3 Å². The van der Waals surface area contributed by atoms with E-state index in [0.29, 0.717) is 18.9 Å². The van der Waals surface area contributed by atoms with Crippen LogP contribution in [0.5, 0.6) is 0 Å². The van der Waals surface area contributed by atoms with Crippen LogP contribution in [0.25, 0.3) is 0 Å². The molecule has 1 aromatic heterocycles. The summed E-state index contributed by atoms with van der Waals surface area (Å²) in [5.41, 5.74) is 1.30. The SMILES string of the molecule is CC(Cc1ccsc1)NC1CCC(C(F)(F)F)CC1. The van der Waals surface area contributed by atoms with Gasteiger partial charge in [0.05, 0.1) is 5.92 Å².